The van der Waals surface area contributed by atoms with Gasteiger partial charge < -0.3 is 14.5 Å². The Kier molecular flexibility index (Phi) is 3.80. The summed E-state index contributed by atoms with van der Waals surface area (Å²) in [7, 11) is 1.70. The number of nitrogens with one attached hydrogen (secondary N) is 1. The lowest BCUT2D eigenvalue weighted by molar-refractivity contribution is -0.177. The predicted octanol–water partition coefficient (Wildman–Crippen LogP) is 3.82. The van der Waals surface area contributed by atoms with Crippen molar-refractivity contribution in [1.29, 1.82) is 0 Å². The van der Waals surface area contributed by atoms with Gasteiger partial charge in [0.05, 0.1) is 12.8 Å². The number of benzene rings is 1. The van der Waals surface area contributed by atoms with E-state index in [0.717, 1.165) is 49.4 Å². The third kappa shape index (κ3) is 2.44. The quantitative estimate of drug-likeness (QED) is 0.837. The SMILES string of the molecule is CCC1CC2CN3Cc4c([nH]c5ccc(OC)cc45)C(OC(C)=O)(C2)C1C3. The van der Waals surface area contributed by atoms with Crippen LogP contribution in [0.3, 0.4) is 0 Å². The van der Waals surface area contributed by atoms with Gasteiger partial charge in [-0.1, -0.05) is 13.3 Å². The largest absolute Gasteiger partial charge is 0.497 e. The summed E-state index contributed by atoms with van der Waals surface area (Å²) in [6.45, 7) is 6.86. The Morgan fingerprint density at radius 3 is 2.96 bits per heavy atom. The summed E-state index contributed by atoms with van der Waals surface area (Å²) >= 11 is 0. The number of ether oxygens (including phenoxy) is 2. The molecule has 5 unspecified atom stereocenters. The van der Waals surface area contributed by atoms with Crippen LogP contribution in [0.2, 0.25) is 0 Å². The second kappa shape index (κ2) is 5.99. The third-order valence-corrected chi connectivity index (χ3v) is 7.14. The molecule has 6 rings (SSSR count). The molecule has 1 saturated carbocycles. The summed E-state index contributed by atoms with van der Waals surface area (Å²) in [5.74, 6) is 2.22. The molecule has 1 N–H and O–H groups in total. The Bertz CT molecular complexity index is 904. The summed E-state index contributed by atoms with van der Waals surface area (Å²) in [5.41, 5.74) is 2.99. The lowest BCUT2D eigenvalue weighted by Crippen LogP contribution is -2.49. The molecule has 1 aromatic heterocycles. The molecule has 4 bridgehead atoms. The van der Waals surface area contributed by atoms with E-state index in [0.29, 0.717) is 17.8 Å². The number of carbonyl (C=O) groups excluding carboxylic acids is 1. The Balaban J connectivity index is 1.77. The fourth-order valence-electron chi connectivity index (χ4n) is 6.19. The van der Waals surface area contributed by atoms with Crippen LogP contribution in [0.4, 0.5) is 0 Å². The molecule has 1 aromatic carbocycles. The number of nitrogens with zero attached hydrogens (tertiary/aromatic N) is 1. The van der Waals surface area contributed by atoms with Crippen molar-refractivity contribution < 1.29 is 14.3 Å². The maximum absolute atomic E-state index is 12.2. The number of methoxy groups -OCH3 is 1. The molecule has 27 heavy (non-hydrogen) atoms. The molecule has 2 aromatic rings. The van der Waals surface area contributed by atoms with Crippen LogP contribution in [0.5, 0.6) is 5.75 Å². The number of hydrogen-bond acceptors (Lipinski definition) is 4. The second-order valence-corrected chi connectivity index (χ2v) is 8.65. The molecule has 144 valence electrons. The molecular formula is C22H28N2O3. The number of esters is 1. The number of hydrogen-bond donors (Lipinski definition) is 1. The van der Waals surface area contributed by atoms with Gasteiger partial charge >= 0.3 is 5.97 Å². The van der Waals surface area contributed by atoms with Crippen molar-refractivity contribution in [2.75, 3.05) is 20.2 Å². The second-order valence-electron chi connectivity index (χ2n) is 8.65. The van der Waals surface area contributed by atoms with E-state index in [1.165, 1.54) is 17.4 Å². The number of fused-ring (bicyclic) bond motifs is 4. The molecule has 0 amide bonds. The fraction of sp³-hybridized carbons (Fsp3) is 0.591. The average molecular weight is 368 g/mol. The van der Waals surface area contributed by atoms with Crippen LogP contribution >= 0.6 is 0 Å². The van der Waals surface area contributed by atoms with Gasteiger partial charge in [0.2, 0.25) is 0 Å². The number of aromatic nitrogens is 1. The van der Waals surface area contributed by atoms with Crippen LogP contribution in [0.1, 0.15) is 44.4 Å². The maximum atomic E-state index is 12.2. The van der Waals surface area contributed by atoms with E-state index in [9.17, 15) is 4.79 Å². The summed E-state index contributed by atoms with van der Waals surface area (Å²) in [6, 6.07) is 6.19. The minimum atomic E-state index is -0.526. The molecule has 4 heterocycles. The first-order valence-corrected chi connectivity index (χ1v) is 10.1. The highest BCUT2D eigenvalue weighted by atomic mass is 16.6. The van der Waals surface area contributed by atoms with Crippen molar-refractivity contribution in [3.63, 3.8) is 0 Å². The summed E-state index contributed by atoms with van der Waals surface area (Å²) in [6.07, 6.45) is 3.33. The van der Waals surface area contributed by atoms with E-state index in [1.54, 1.807) is 14.0 Å². The zero-order valence-corrected chi connectivity index (χ0v) is 16.4. The normalized spacial score (nSPS) is 34.2. The van der Waals surface area contributed by atoms with Gasteiger partial charge in [-0.15, -0.1) is 0 Å². The Morgan fingerprint density at radius 2 is 2.22 bits per heavy atom. The van der Waals surface area contributed by atoms with Crippen LogP contribution in [0.15, 0.2) is 18.2 Å². The molecule has 0 radical (unpaired) electrons. The van der Waals surface area contributed by atoms with Gasteiger partial charge in [0.15, 0.2) is 5.60 Å². The van der Waals surface area contributed by atoms with Crippen LogP contribution in [0, 0.1) is 17.8 Å². The van der Waals surface area contributed by atoms with Gasteiger partial charge in [0.1, 0.15) is 5.75 Å². The molecule has 1 aliphatic carbocycles. The van der Waals surface area contributed by atoms with Crippen LogP contribution < -0.4 is 4.74 Å². The molecule has 3 aliphatic heterocycles. The van der Waals surface area contributed by atoms with Crippen molar-refractivity contribution in [3.05, 3.63) is 29.5 Å². The van der Waals surface area contributed by atoms with Gasteiger partial charge in [-0.25, -0.2) is 0 Å². The minimum Gasteiger partial charge on any atom is -0.497 e. The highest BCUT2D eigenvalue weighted by molar-refractivity contribution is 5.87. The van der Waals surface area contributed by atoms with Gasteiger partial charge in [-0.3, -0.25) is 9.69 Å². The Hall–Kier alpha value is -2.01. The van der Waals surface area contributed by atoms with Crippen molar-refractivity contribution in [1.82, 2.24) is 9.88 Å². The third-order valence-electron chi connectivity index (χ3n) is 7.14. The van der Waals surface area contributed by atoms with E-state index in [-0.39, 0.29) is 5.97 Å². The first-order chi connectivity index (χ1) is 13.0. The summed E-state index contributed by atoms with van der Waals surface area (Å²) < 4.78 is 11.7. The van der Waals surface area contributed by atoms with E-state index in [4.69, 9.17) is 9.47 Å². The zero-order valence-electron chi connectivity index (χ0n) is 16.4. The number of rotatable bonds is 3. The number of aromatic amines is 1. The van der Waals surface area contributed by atoms with Crippen LogP contribution in [-0.4, -0.2) is 36.1 Å². The van der Waals surface area contributed by atoms with E-state index < -0.39 is 5.60 Å². The molecule has 3 fully saturated rings. The predicted molar refractivity (Wildman–Crippen MR) is 104 cm³/mol. The van der Waals surface area contributed by atoms with Crippen molar-refractivity contribution in [3.8, 4) is 5.75 Å². The minimum absolute atomic E-state index is 0.173. The molecule has 5 nitrogen and oxygen atoms in total. The van der Waals surface area contributed by atoms with Gasteiger partial charge in [0.25, 0.3) is 0 Å². The first-order valence-electron chi connectivity index (χ1n) is 10.1. The number of carbonyl (C=O) groups is 1. The fourth-order valence-corrected chi connectivity index (χ4v) is 6.19. The lowest BCUT2D eigenvalue weighted by atomic mass is 9.63. The van der Waals surface area contributed by atoms with Crippen molar-refractivity contribution >= 4 is 16.9 Å². The zero-order chi connectivity index (χ0) is 18.8. The standard InChI is InChI=1S/C22H28N2O3/c1-4-15-7-14-9-22(27-13(2)25)19(15)12-24(10-14)11-18-17-8-16(26-3)5-6-20(17)23-21(18)22/h5-6,8,14-15,19,23H,4,7,9-12H2,1-3H3. The smallest absolute Gasteiger partial charge is 0.303 e. The van der Waals surface area contributed by atoms with Crippen molar-refractivity contribution in [2.45, 2.75) is 45.3 Å². The summed E-state index contributed by atoms with van der Waals surface area (Å²) in [5, 5.41) is 1.19. The monoisotopic (exact) mass is 368 g/mol. The maximum Gasteiger partial charge on any atom is 0.303 e. The summed E-state index contributed by atoms with van der Waals surface area (Å²) in [4.78, 5) is 18.5. The van der Waals surface area contributed by atoms with E-state index in [2.05, 4.69) is 28.9 Å². The highest BCUT2D eigenvalue weighted by Gasteiger charge is 2.57. The topological polar surface area (TPSA) is 54.6 Å². The lowest BCUT2D eigenvalue weighted by Gasteiger charge is -2.47. The van der Waals surface area contributed by atoms with Crippen LogP contribution in [-0.2, 0) is 21.7 Å². The molecule has 5 atom stereocenters. The number of H-pyrrole nitrogens is 1. The van der Waals surface area contributed by atoms with E-state index >= 15 is 0 Å². The molecule has 5 heteroatoms. The Labute approximate surface area is 160 Å². The molecule has 0 spiro atoms. The van der Waals surface area contributed by atoms with Gasteiger partial charge in [0, 0.05) is 43.4 Å². The average Bonchev–Trinajstić information content (AvgIpc) is 2.75. The van der Waals surface area contributed by atoms with Gasteiger partial charge in [-0.05, 0) is 48.4 Å². The first kappa shape index (κ1) is 17.1. The molecular weight excluding hydrogens is 340 g/mol. The van der Waals surface area contributed by atoms with Crippen LogP contribution in [0.25, 0.3) is 10.9 Å². The Morgan fingerprint density at radius 1 is 1.37 bits per heavy atom. The van der Waals surface area contributed by atoms with E-state index in [1.807, 2.05) is 6.07 Å². The molecule has 4 aliphatic rings. The highest BCUT2D eigenvalue weighted by Crippen LogP contribution is 2.56. The van der Waals surface area contributed by atoms with Gasteiger partial charge in [-0.2, -0.15) is 0 Å². The van der Waals surface area contributed by atoms with Crippen molar-refractivity contribution in [2.24, 2.45) is 17.8 Å². The molecule has 2 saturated heterocycles.